The van der Waals surface area contributed by atoms with Gasteiger partial charge in [0.2, 0.25) is 0 Å². The average molecular weight is 234 g/mol. The Labute approximate surface area is 122 Å². The van der Waals surface area contributed by atoms with Gasteiger partial charge in [-0.05, 0) is 6.42 Å². The first-order chi connectivity index (χ1) is 5.67. The summed E-state index contributed by atoms with van der Waals surface area (Å²) in [4.78, 5) is 10.0. The number of aliphatic carboxylic acids is 1. The average Bonchev–Trinajstić information content (AvgIpc) is 2.02. The van der Waals surface area contributed by atoms with Crippen LogP contribution >= 0.6 is 0 Å². The van der Waals surface area contributed by atoms with Crippen LogP contribution in [0.5, 0.6) is 0 Å². The van der Waals surface area contributed by atoms with E-state index >= 15 is 0 Å². The molecule has 14 heavy (non-hydrogen) atoms. The molecule has 0 aliphatic carbocycles. The van der Waals surface area contributed by atoms with Crippen molar-refractivity contribution in [1.29, 1.82) is 0 Å². The predicted octanol–water partition coefficient (Wildman–Crippen LogP) is -7.13. The number of carboxylic acids is 1. The molecule has 8 heteroatoms. The third-order valence-corrected chi connectivity index (χ3v) is 1.65. The van der Waals surface area contributed by atoms with Crippen LogP contribution in [-0.2, 0) is 4.79 Å². The number of carbonyl (C=O) groups is 1. The van der Waals surface area contributed by atoms with Gasteiger partial charge in [0.05, 0.1) is 0 Å². The van der Waals surface area contributed by atoms with Crippen molar-refractivity contribution >= 4 is 5.97 Å². The summed E-state index contributed by atoms with van der Waals surface area (Å²) in [7, 11) is 0. The van der Waals surface area contributed by atoms with Crippen LogP contribution in [-0.4, -0.2) is 49.2 Å². The van der Waals surface area contributed by atoms with Crippen molar-refractivity contribution < 1.29 is 86.8 Å². The Morgan fingerprint density at radius 1 is 1.36 bits per heavy atom. The quantitative estimate of drug-likeness (QED) is 0.240. The third kappa shape index (κ3) is 3.20. The first-order valence-corrected chi connectivity index (χ1v) is 3.46. The van der Waals surface area contributed by atoms with E-state index in [0.29, 0.717) is 0 Å². The summed E-state index contributed by atoms with van der Waals surface area (Å²) >= 11 is 0. The van der Waals surface area contributed by atoms with E-state index in [9.17, 15) is 9.90 Å². The molecule has 0 aliphatic heterocycles. The molecule has 0 amide bonds. The molecule has 0 heterocycles. The second kappa shape index (κ2) is 5.85. The van der Waals surface area contributed by atoms with Gasteiger partial charge in [0, 0.05) is 0 Å². The molecule has 0 aromatic rings. The fraction of sp³-hybridized carbons (Fsp3) is 0.833. The van der Waals surface area contributed by atoms with Gasteiger partial charge in [0.25, 0.3) is 11.6 Å². The number of hydrogen-bond acceptors (Lipinski definition) is 7. The van der Waals surface area contributed by atoms with Gasteiger partial charge in [-0.1, -0.05) is 6.92 Å². The smallest absolute Gasteiger partial charge is 0.544 e. The molecular formula is C6H11KO7. The van der Waals surface area contributed by atoms with E-state index in [1.807, 2.05) is 0 Å². The summed E-state index contributed by atoms with van der Waals surface area (Å²) in [5.41, 5.74) is 0. The number of aliphatic hydroxyl groups excluding tert-OH is 1. The number of aliphatic hydroxyl groups is 5. The Balaban J connectivity index is 0. The molecule has 0 fully saturated rings. The molecule has 1 atom stereocenters. The van der Waals surface area contributed by atoms with E-state index in [4.69, 9.17) is 25.5 Å². The number of carboxylic acid groups (broad SMARTS) is 1. The summed E-state index contributed by atoms with van der Waals surface area (Å²) in [5.74, 6) is -9.99. The van der Waals surface area contributed by atoms with E-state index < -0.39 is 23.6 Å². The van der Waals surface area contributed by atoms with Crippen molar-refractivity contribution in [1.82, 2.24) is 0 Å². The minimum absolute atomic E-state index is 0. The zero-order chi connectivity index (χ0) is 10.9. The van der Waals surface area contributed by atoms with E-state index in [0.717, 1.165) is 0 Å². The molecule has 0 rings (SSSR count). The van der Waals surface area contributed by atoms with Gasteiger partial charge in [0.15, 0.2) is 0 Å². The van der Waals surface area contributed by atoms with Crippen LogP contribution in [0.15, 0.2) is 0 Å². The third-order valence-electron chi connectivity index (χ3n) is 1.65. The van der Waals surface area contributed by atoms with Crippen molar-refractivity contribution in [2.75, 3.05) is 0 Å². The Hall–Kier alpha value is 0.906. The maximum atomic E-state index is 10.0. The summed E-state index contributed by atoms with van der Waals surface area (Å²) in [5, 5.41) is 53.9. The predicted molar refractivity (Wildman–Crippen MR) is 35.6 cm³/mol. The van der Waals surface area contributed by atoms with Crippen LogP contribution < -0.4 is 56.5 Å². The SMILES string of the molecule is CCC(O)C(O)(O)C(O)(O)C(=O)[O-].[K+]. The van der Waals surface area contributed by atoms with Crippen molar-refractivity contribution in [3.8, 4) is 0 Å². The normalized spacial score (nSPS) is 14.4. The zero-order valence-electron chi connectivity index (χ0n) is 7.84. The van der Waals surface area contributed by atoms with Crippen molar-refractivity contribution in [2.24, 2.45) is 0 Å². The Morgan fingerprint density at radius 3 is 1.93 bits per heavy atom. The van der Waals surface area contributed by atoms with E-state index in [1.165, 1.54) is 6.92 Å². The Morgan fingerprint density at radius 2 is 1.71 bits per heavy atom. The fourth-order valence-corrected chi connectivity index (χ4v) is 0.667. The van der Waals surface area contributed by atoms with Crippen LogP contribution in [0.1, 0.15) is 13.3 Å². The summed E-state index contributed by atoms with van der Waals surface area (Å²) in [6, 6.07) is 0. The Bertz CT molecular complexity index is 202. The minimum atomic E-state index is -3.91. The maximum Gasteiger partial charge on any atom is 1.00 e. The molecule has 0 spiro atoms. The molecule has 0 saturated heterocycles. The molecule has 0 radical (unpaired) electrons. The molecule has 0 aromatic carbocycles. The number of hydrogen-bond donors (Lipinski definition) is 5. The van der Waals surface area contributed by atoms with Gasteiger partial charge in [-0.3, -0.25) is 0 Å². The molecular weight excluding hydrogens is 223 g/mol. The van der Waals surface area contributed by atoms with Gasteiger partial charge in [-0.2, -0.15) is 0 Å². The Kier molecular flexibility index (Phi) is 7.23. The van der Waals surface area contributed by atoms with Crippen LogP contribution in [0, 0.1) is 0 Å². The second-order valence-corrected chi connectivity index (χ2v) is 2.61. The van der Waals surface area contributed by atoms with E-state index in [-0.39, 0.29) is 57.8 Å². The molecule has 0 bridgehead atoms. The maximum absolute atomic E-state index is 10.0. The number of rotatable bonds is 4. The molecule has 78 valence electrons. The molecule has 1 unspecified atom stereocenters. The van der Waals surface area contributed by atoms with Crippen LogP contribution in [0.4, 0.5) is 0 Å². The van der Waals surface area contributed by atoms with Gasteiger partial charge in [-0.15, -0.1) is 0 Å². The van der Waals surface area contributed by atoms with Crippen molar-refractivity contribution in [2.45, 2.75) is 31.0 Å². The van der Waals surface area contributed by atoms with Crippen LogP contribution in [0.3, 0.4) is 0 Å². The first kappa shape index (κ1) is 17.3. The summed E-state index contributed by atoms with van der Waals surface area (Å²) < 4.78 is 0. The second-order valence-electron chi connectivity index (χ2n) is 2.61. The van der Waals surface area contributed by atoms with Gasteiger partial charge < -0.3 is 35.4 Å². The van der Waals surface area contributed by atoms with Crippen LogP contribution in [0.2, 0.25) is 0 Å². The van der Waals surface area contributed by atoms with Crippen molar-refractivity contribution in [3.63, 3.8) is 0 Å². The first-order valence-electron chi connectivity index (χ1n) is 3.46. The largest absolute Gasteiger partial charge is 1.00 e. The standard InChI is InChI=1S/C6H12O7.K/c1-2-3(7)5(10,11)6(12,13)4(8)9;/h3,7,10-13H,2H2,1H3,(H,8,9);/q;+1/p-1. The topological polar surface area (TPSA) is 141 Å². The number of carbonyl (C=O) groups excluding carboxylic acids is 1. The van der Waals surface area contributed by atoms with E-state index in [1.54, 1.807) is 0 Å². The summed E-state index contributed by atoms with van der Waals surface area (Å²) in [6.07, 6.45) is -2.29. The van der Waals surface area contributed by atoms with Gasteiger partial charge in [-0.25, -0.2) is 0 Å². The monoisotopic (exact) mass is 234 g/mol. The molecule has 7 nitrogen and oxygen atoms in total. The van der Waals surface area contributed by atoms with Gasteiger partial charge >= 0.3 is 51.4 Å². The minimum Gasteiger partial charge on any atom is -0.544 e. The molecule has 5 N–H and O–H groups in total. The molecule has 0 saturated carbocycles. The van der Waals surface area contributed by atoms with Gasteiger partial charge in [0.1, 0.15) is 12.1 Å². The zero-order valence-corrected chi connectivity index (χ0v) is 11.0. The summed E-state index contributed by atoms with van der Waals surface area (Å²) in [6.45, 7) is 1.29. The molecule has 0 aromatic heterocycles. The van der Waals surface area contributed by atoms with Crippen molar-refractivity contribution in [3.05, 3.63) is 0 Å². The van der Waals surface area contributed by atoms with Crippen LogP contribution in [0.25, 0.3) is 0 Å². The molecule has 0 aliphatic rings. The van der Waals surface area contributed by atoms with E-state index in [2.05, 4.69) is 0 Å². The fourth-order valence-electron chi connectivity index (χ4n) is 0.667.